The highest BCUT2D eigenvalue weighted by molar-refractivity contribution is 9.10. The molecule has 0 atom stereocenters. The Kier molecular flexibility index (Phi) is 5.22. The van der Waals surface area contributed by atoms with Crippen LogP contribution in [-0.2, 0) is 4.74 Å². The van der Waals surface area contributed by atoms with Gasteiger partial charge in [0.2, 0.25) is 0 Å². The molecule has 0 aromatic heterocycles. The lowest BCUT2D eigenvalue weighted by molar-refractivity contribution is 0.0767. The number of rotatable bonds is 6. The zero-order valence-corrected chi connectivity index (χ0v) is 12.7. The number of halogens is 1. The lowest BCUT2D eigenvalue weighted by atomic mass is 9.76. The van der Waals surface area contributed by atoms with E-state index in [0.29, 0.717) is 18.1 Å². The van der Waals surface area contributed by atoms with E-state index in [1.807, 2.05) is 0 Å². The maximum atomic E-state index is 5.52. The molecule has 18 heavy (non-hydrogen) atoms. The first-order chi connectivity index (χ1) is 8.66. The summed E-state index contributed by atoms with van der Waals surface area (Å²) in [6.07, 6.45) is 2.82. The van der Waals surface area contributed by atoms with Crippen molar-refractivity contribution in [3.8, 4) is 0 Å². The van der Waals surface area contributed by atoms with Crippen LogP contribution < -0.4 is 5.32 Å². The van der Waals surface area contributed by atoms with Crippen molar-refractivity contribution >= 4 is 15.9 Å². The molecule has 0 heterocycles. The Hall–Kier alpha value is -0.380. The lowest BCUT2D eigenvalue weighted by Crippen LogP contribution is -2.41. The van der Waals surface area contributed by atoms with Gasteiger partial charge >= 0.3 is 0 Å². The fourth-order valence-electron chi connectivity index (χ4n) is 2.40. The SMILES string of the molecule is CC(C)OCCNC1CC(c2ccccc2Br)C1. The third-order valence-corrected chi connectivity index (χ3v) is 4.19. The number of ether oxygens (including phenoxy) is 1. The zero-order valence-electron chi connectivity index (χ0n) is 11.2. The molecule has 1 aliphatic carbocycles. The largest absolute Gasteiger partial charge is 0.377 e. The van der Waals surface area contributed by atoms with Crippen LogP contribution in [0.4, 0.5) is 0 Å². The van der Waals surface area contributed by atoms with Gasteiger partial charge in [-0.2, -0.15) is 0 Å². The normalized spacial score (nSPS) is 23.1. The number of hydrogen-bond acceptors (Lipinski definition) is 2. The minimum Gasteiger partial charge on any atom is -0.377 e. The monoisotopic (exact) mass is 311 g/mol. The summed E-state index contributed by atoms with van der Waals surface area (Å²) in [7, 11) is 0. The third kappa shape index (κ3) is 3.81. The Labute approximate surface area is 118 Å². The Morgan fingerprint density at radius 3 is 2.72 bits per heavy atom. The van der Waals surface area contributed by atoms with Crippen LogP contribution in [0.25, 0.3) is 0 Å². The van der Waals surface area contributed by atoms with Crippen molar-refractivity contribution in [3.05, 3.63) is 34.3 Å². The first kappa shape index (κ1) is 14.0. The van der Waals surface area contributed by atoms with E-state index in [1.54, 1.807) is 0 Å². The average Bonchev–Trinajstić information content (AvgIpc) is 2.28. The van der Waals surface area contributed by atoms with Crippen molar-refractivity contribution in [1.82, 2.24) is 5.32 Å². The van der Waals surface area contributed by atoms with E-state index in [9.17, 15) is 0 Å². The molecule has 0 aliphatic heterocycles. The Bertz CT molecular complexity index is 375. The van der Waals surface area contributed by atoms with Crippen molar-refractivity contribution in [2.24, 2.45) is 0 Å². The van der Waals surface area contributed by atoms with Gasteiger partial charge in [-0.25, -0.2) is 0 Å². The standard InChI is InChI=1S/C15H22BrNO/c1-11(2)18-8-7-17-13-9-12(10-13)14-5-3-4-6-15(14)16/h3-6,11-13,17H,7-10H2,1-2H3. The zero-order chi connectivity index (χ0) is 13.0. The third-order valence-electron chi connectivity index (χ3n) is 3.47. The summed E-state index contributed by atoms with van der Waals surface area (Å²) in [5.74, 6) is 0.712. The maximum Gasteiger partial charge on any atom is 0.0594 e. The Balaban J connectivity index is 1.67. The fourth-order valence-corrected chi connectivity index (χ4v) is 3.01. The Morgan fingerprint density at radius 1 is 1.33 bits per heavy atom. The van der Waals surface area contributed by atoms with Crippen LogP contribution in [0.15, 0.2) is 28.7 Å². The van der Waals surface area contributed by atoms with Gasteiger partial charge in [0, 0.05) is 17.1 Å². The molecule has 2 nitrogen and oxygen atoms in total. The van der Waals surface area contributed by atoms with E-state index in [4.69, 9.17) is 4.74 Å². The van der Waals surface area contributed by atoms with Gasteiger partial charge in [-0.3, -0.25) is 0 Å². The number of hydrogen-bond donors (Lipinski definition) is 1. The molecule has 2 rings (SSSR count). The van der Waals surface area contributed by atoms with E-state index in [-0.39, 0.29) is 0 Å². The number of nitrogens with one attached hydrogen (secondary N) is 1. The van der Waals surface area contributed by atoms with Crippen LogP contribution in [-0.4, -0.2) is 25.3 Å². The lowest BCUT2D eigenvalue weighted by Gasteiger charge is -2.37. The first-order valence-corrected chi connectivity index (χ1v) is 7.55. The quantitative estimate of drug-likeness (QED) is 0.809. The summed E-state index contributed by atoms with van der Waals surface area (Å²) in [6, 6.07) is 9.22. The number of benzene rings is 1. The fraction of sp³-hybridized carbons (Fsp3) is 0.600. The highest BCUT2D eigenvalue weighted by atomic mass is 79.9. The molecule has 0 amide bonds. The molecule has 1 N–H and O–H groups in total. The molecule has 3 heteroatoms. The molecule has 0 radical (unpaired) electrons. The summed E-state index contributed by atoms with van der Waals surface area (Å²) in [5, 5.41) is 3.55. The van der Waals surface area contributed by atoms with E-state index in [1.165, 1.54) is 22.9 Å². The molecule has 0 unspecified atom stereocenters. The summed E-state index contributed by atoms with van der Waals surface area (Å²) in [5.41, 5.74) is 1.45. The maximum absolute atomic E-state index is 5.52. The molecule has 100 valence electrons. The second-order valence-electron chi connectivity index (χ2n) is 5.26. The van der Waals surface area contributed by atoms with E-state index in [2.05, 4.69) is 59.4 Å². The highest BCUT2D eigenvalue weighted by Crippen LogP contribution is 2.39. The minimum absolute atomic E-state index is 0.334. The van der Waals surface area contributed by atoms with E-state index < -0.39 is 0 Å². The smallest absolute Gasteiger partial charge is 0.0594 e. The van der Waals surface area contributed by atoms with Crippen LogP contribution in [0.2, 0.25) is 0 Å². The van der Waals surface area contributed by atoms with Gasteiger partial charge in [0.15, 0.2) is 0 Å². The first-order valence-electron chi connectivity index (χ1n) is 6.76. The van der Waals surface area contributed by atoms with Crippen molar-refractivity contribution < 1.29 is 4.74 Å². The summed E-state index contributed by atoms with van der Waals surface area (Å²) >= 11 is 3.63. The van der Waals surface area contributed by atoms with Gasteiger partial charge in [-0.05, 0) is 44.2 Å². The van der Waals surface area contributed by atoms with Gasteiger partial charge < -0.3 is 10.1 Å². The molecular weight excluding hydrogens is 290 g/mol. The summed E-state index contributed by atoms with van der Waals surface area (Å²) in [4.78, 5) is 0. The van der Waals surface area contributed by atoms with Crippen LogP contribution in [0.1, 0.15) is 38.2 Å². The molecular formula is C15H22BrNO. The molecule has 1 aliphatic rings. The highest BCUT2D eigenvalue weighted by Gasteiger charge is 2.30. The van der Waals surface area contributed by atoms with Gasteiger partial charge in [-0.15, -0.1) is 0 Å². The molecule has 1 fully saturated rings. The van der Waals surface area contributed by atoms with Gasteiger partial charge in [-0.1, -0.05) is 34.1 Å². The van der Waals surface area contributed by atoms with Crippen molar-refractivity contribution in [2.45, 2.75) is 44.8 Å². The van der Waals surface area contributed by atoms with E-state index >= 15 is 0 Å². The Morgan fingerprint density at radius 2 is 2.06 bits per heavy atom. The predicted octanol–water partition coefficient (Wildman–Crippen LogP) is 3.71. The van der Waals surface area contributed by atoms with Crippen molar-refractivity contribution in [1.29, 1.82) is 0 Å². The molecule has 1 aromatic carbocycles. The van der Waals surface area contributed by atoms with Crippen LogP contribution in [0, 0.1) is 0 Å². The molecule has 1 aromatic rings. The van der Waals surface area contributed by atoms with E-state index in [0.717, 1.165) is 13.2 Å². The summed E-state index contributed by atoms with van der Waals surface area (Å²) in [6.45, 7) is 5.93. The molecule has 0 saturated heterocycles. The van der Waals surface area contributed by atoms with Gasteiger partial charge in [0.05, 0.1) is 12.7 Å². The van der Waals surface area contributed by atoms with Crippen LogP contribution in [0.5, 0.6) is 0 Å². The predicted molar refractivity (Wildman–Crippen MR) is 79.0 cm³/mol. The molecule has 0 spiro atoms. The summed E-state index contributed by atoms with van der Waals surface area (Å²) < 4.78 is 6.77. The minimum atomic E-state index is 0.334. The van der Waals surface area contributed by atoms with Crippen LogP contribution in [0.3, 0.4) is 0 Å². The second-order valence-corrected chi connectivity index (χ2v) is 6.11. The van der Waals surface area contributed by atoms with Gasteiger partial charge in [0.1, 0.15) is 0 Å². The molecule has 1 saturated carbocycles. The topological polar surface area (TPSA) is 21.3 Å². The van der Waals surface area contributed by atoms with Crippen molar-refractivity contribution in [2.75, 3.05) is 13.2 Å². The van der Waals surface area contributed by atoms with Crippen LogP contribution >= 0.6 is 15.9 Å². The average molecular weight is 312 g/mol. The second kappa shape index (κ2) is 6.69. The molecule has 0 bridgehead atoms. The van der Waals surface area contributed by atoms with Gasteiger partial charge in [0.25, 0.3) is 0 Å². The van der Waals surface area contributed by atoms with Crippen molar-refractivity contribution in [3.63, 3.8) is 0 Å².